The molecular weight excluding hydrogens is 650 g/mol. The first kappa shape index (κ1) is 38.6. The smallest absolute Gasteiger partial charge is 0.254 e. The highest BCUT2D eigenvalue weighted by Crippen LogP contribution is 2.17. The lowest BCUT2D eigenvalue weighted by Crippen LogP contribution is -2.58. The van der Waals surface area contributed by atoms with Crippen LogP contribution in [0.2, 0.25) is 0 Å². The van der Waals surface area contributed by atoms with Crippen molar-refractivity contribution in [3.05, 3.63) is 101 Å². The SMILES string of the molecule is CC[C@H](C)C1NC(=O)c2ccc(cc2)CN(C(=O)c2ccc(CO)cc2)CCCCNC(=O)[C@@H](C)NC(=O)[C@H](Cc2ccc(OC)cc2)NC1=O. The minimum Gasteiger partial charge on any atom is -0.497 e. The molecule has 0 fully saturated rings. The van der Waals surface area contributed by atoms with Crippen molar-refractivity contribution in [2.45, 2.75) is 77.7 Å². The Hall–Kier alpha value is -5.23. The molecule has 5 rings (SSSR count). The molecule has 51 heavy (non-hydrogen) atoms. The average Bonchev–Trinajstić information content (AvgIpc) is 3.15. The third-order valence-electron chi connectivity index (χ3n) is 9.18. The molecule has 2 bridgehead atoms. The molecule has 0 saturated carbocycles. The normalized spacial score (nSPS) is 20.3. The zero-order chi connectivity index (χ0) is 36.9. The monoisotopic (exact) mass is 699 g/mol. The summed E-state index contributed by atoms with van der Waals surface area (Å²) in [5, 5.41) is 20.7. The van der Waals surface area contributed by atoms with Crippen LogP contribution in [0.1, 0.15) is 77.4 Å². The van der Waals surface area contributed by atoms with Gasteiger partial charge in [0.2, 0.25) is 17.7 Å². The lowest BCUT2D eigenvalue weighted by Gasteiger charge is -2.27. The van der Waals surface area contributed by atoms with E-state index in [0.29, 0.717) is 54.8 Å². The van der Waals surface area contributed by atoms with E-state index in [1.54, 1.807) is 91.7 Å². The summed E-state index contributed by atoms with van der Waals surface area (Å²) in [6.07, 6.45) is 1.89. The lowest BCUT2D eigenvalue weighted by atomic mass is 9.96. The predicted octanol–water partition coefficient (Wildman–Crippen LogP) is 3.12. The average molecular weight is 700 g/mol. The molecule has 0 aromatic heterocycles. The summed E-state index contributed by atoms with van der Waals surface area (Å²) in [4.78, 5) is 69.3. The number of carbonyl (C=O) groups excluding carboxylic acids is 5. The van der Waals surface area contributed by atoms with Gasteiger partial charge in [0.25, 0.3) is 11.8 Å². The fourth-order valence-electron chi connectivity index (χ4n) is 5.74. The van der Waals surface area contributed by atoms with Gasteiger partial charge in [-0.3, -0.25) is 24.0 Å². The topological polar surface area (TPSA) is 166 Å². The molecule has 4 atom stereocenters. The van der Waals surface area contributed by atoms with Crippen LogP contribution in [0.25, 0.3) is 0 Å². The zero-order valence-electron chi connectivity index (χ0n) is 29.7. The molecule has 12 nitrogen and oxygen atoms in total. The highest BCUT2D eigenvalue weighted by Gasteiger charge is 2.31. The van der Waals surface area contributed by atoms with E-state index in [4.69, 9.17) is 4.74 Å². The molecule has 0 saturated heterocycles. The Morgan fingerprint density at radius 2 is 1.53 bits per heavy atom. The van der Waals surface area contributed by atoms with E-state index in [1.165, 1.54) is 0 Å². The van der Waals surface area contributed by atoms with Gasteiger partial charge in [-0.1, -0.05) is 56.7 Å². The van der Waals surface area contributed by atoms with E-state index in [1.807, 2.05) is 13.8 Å². The number of hydrogen-bond acceptors (Lipinski definition) is 7. The second-order valence-electron chi connectivity index (χ2n) is 13.0. The van der Waals surface area contributed by atoms with Gasteiger partial charge in [-0.15, -0.1) is 0 Å². The van der Waals surface area contributed by atoms with Crippen LogP contribution < -0.4 is 26.0 Å². The van der Waals surface area contributed by atoms with Crippen LogP contribution in [0.5, 0.6) is 5.75 Å². The Kier molecular flexibility index (Phi) is 14.1. The first-order chi connectivity index (χ1) is 24.5. The summed E-state index contributed by atoms with van der Waals surface area (Å²) < 4.78 is 5.25. The number of nitrogens with one attached hydrogen (secondary N) is 4. The van der Waals surface area contributed by atoms with Crippen molar-refractivity contribution in [2.75, 3.05) is 20.2 Å². The number of aliphatic hydroxyl groups is 1. The Bertz CT molecular complexity index is 1640. The van der Waals surface area contributed by atoms with Gasteiger partial charge in [-0.05, 0) is 78.8 Å². The van der Waals surface area contributed by atoms with E-state index in [0.717, 1.165) is 11.1 Å². The summed E-state index contributed by atoms with van der Waals surface area (Å²) in [5.41, 5.74) is 3.09. The molecule has 5 N–H and O–H groups in total. The second-order valence-corrected chi connectivity index (χ2v) is 13.0. The molecule has 2 heterocycles. The van der Waals surface area contributed by atoms with Crippen LogP contribution in [-0.4, -0.2) is 77.9 Å². The van der Waals surface area contributed by atoms with Crippen molar-refractivity contribution in [3.8, 4) is 5.75 Å². The first-order valence-corrected chi connectivity index (χ1v) is 17.4. The number of methoxy groups -OCH3 is 1. The van der Waals surface area contributed by atoms with Crippen LogP contribution in [0.15, 0.2) is 72.8 Å². The van der Waals surface area contributed by atoms with Crippen LogP contribution in [0, 0.1) is 5.92 Å². The molecule has 3 aromatic rings. The van der Waals surface area contributed by atoms with Crippen molar-refractivity contribution in [1.29, 1.82) is 0 Å². The summed E-state index contributed by atoms with van der Waals surface area (Å²) in [7, 11) is 1.56. The largest absolute Gasteiger partial charge is 0.497 e. The lowest BCUT2D eigenvalue weighted by molar-refractivity contribution is -0.132. The maximum Gasteiger partial charge on any atom is 0.254 e. The van der Waals surface area contributed by atoms with Crippen molar-refractivity contribution in [2.24, 2.45) is 5.92 Å². The number of hydrogen-bond donors (Lipinski definition) is 5. The molecule has 272 valence electrons. The van der Waals surface area contributed by atoms with E-state index in [2.05, 4.69) is 21.3 Å². The molecule has 12 heteroatoms. The predicted molar refractivity (Wildman–Crippen MR) is 193 cm³/mol. The Morgan fingerprint density at radius 1 is 0.863 bits per heavy atom. The fourth-order valence-corrected chi connectivity index (χ4v) is 5.74. The summed E-state index contributed by atoms with van der Waals surface area (Å²) in [6.45, 7) is 6.23. The van der Waals surface area contributed by atoms with Gasteiger partial charge in [-0.25, -0.2) is 0 Å². The number of rotatable bonds is 7. The van der Waals surface area contributed by atoms with E-state index < -0.39 is 35.8 Å². The number of amides is 5. The van der Waals surface area contributed by atoms with Crippen molar-refractivity contribution < 1.29 is 33.8 Å². The Morgan fingerprint density at radius 3 is 2.16 bits per heavy atom. The van der Waals surface area contributed by atoms with Gasteiger partial charge < -0.3 is 36.0 Å². The van der Waals surface area contributed by atoms with Gasteiger partial charge in [-0.2, -0.15) is 0 Å². The minimum atomic E-state index is -1.04. The molecule has 0 aliphatic carbocycles. The van der Waals surface area contributed by atoms with Gasteiger partial charge in [0.1, 0.15) is 23.9 Å². The van der Waals surface area contributed by atoms with Gasteiger partial charge in [0.05, 0.1) is 13.7 Å². The third kappa shape index (κ3) is 10.9. The molecule has 0 spiro atoms. The Balaban J connectivity index is 1.61. The molecule has 5 amide bonds. The van der Waals surface area contributed by atoms with E-state index in [-0.39, 0.29) is 37.3 Å². The molecule has 1 unspecified atom stereocenters. The standard InChI is InChI=1S/C39H49N5O7/c1-5-25(2)34-38(49)42-33(22-27-12-18-32(51-4)19-13-27)37(48)41-26(3)35(46)40-20-6-7-21-44(39(50)31-16-10-29(24-45)11-17-31)23-28-8-14-30(15-9-28)36(47)43-34/h8-19,25-26,33-34,45H,5-7,20-24H2,1-4H3,(H,40,46)(H,41,48)(H,42,49)(H,43,47)/t25-,26+,33-,34?/m0/s1. The highest BCUT2D eigenvalue weighted by molar-refractivity contribution is 5.99. The number of fused-ring (bicyclic) bond motifs is 18. The Labute approximate surface area is 299 Å². The molecule has 0 radical (unpaired) electrons. The van der Waals surface area contributed by atoms with Gasteiger partial charge >= 0.3 is 0 Å². The number of benzene rings is 3. The second kappa shape index (κ2) is 18.7. The number of aliphatic hydroxyl groups excluding tert-OH is 1. The van der Waals surface area contributed by atoms with Crippen molar-refractivity contribution in [3.63, 3.8) is 0 Å². The number of ether oxygens (including phenoxy) is 1. The molecule has 2 aliphatic rings. The van der Waals surface area contributed by atoms with Crippen LogP contribution >= 0.6 is 0 Å². The van der Waals surface area contributed by atoms with Crippen LogP contribution in [0.4, 0.5) is 0 Å². The summed E-state index contributed by atoms with van der Waals surface area (Å²) in [6, 6.07) is 17.9. The summed E-state index contributed by atoms with van der Waals surface area (Å²) in [5.74, 6) is -1.71. The quantitative estimate of drug-likeness (QED) is 0.237. The fraction of sp³-hybridized carbons (Fsp3) is 0.410. The van der Waals surface area contributed by atoms with E-state index in [9.17, 15) is 29.1 Å². The molecule has 3 aromatic carbocycles. The third-order valence-corrected chi connectivity index (χ3v) is 9.18. The van der Waals surface area contributed by atoms with Gasteiger partial charge in [0, 0.05) is 37.2 Å². The number of nitrogens with zero attached hydrogens (tertiary/aromatic N) is 1. The van der Waals surface area contributed by atoms with Crippen LogP contribution in [0.3, 0.4) is 0 Å². The maximum atomic E-state index is 13.8. The van der Waals surface area contributed by atoms with Crippen molar-refractivity contribution >= 4 is 29.5 Å². The molecule has 2 aliphatic heterocycles. The van der Waals surface area contributed by atoms with E-state index >= 15 is 0 Å². The minimum absolute atomic E-state index is 0.126. The number of carbonyl (C=O) groups is 5. The molecular formula is C39H49N5O7. The summed E-state index contributed by atoms with van der Waals surface area (Å²) >= 11 is 0. The highest BCUT2D eigenvalue weighted by atomic mass is 16.5. The van der Waals surface area contributed by atoms with Crippen LogP contribution in [-0.2, 0) is 34.0 Å². The van der Waals surface area contributed by atoms with Gasteiger partial charge in [0.15, 0.2) is 0 Å². The maximum absolute atomic E-state index is 13.8. The first-order valence-electron chi connectivity index (χ1n) is 17.4. The van der Waals surface area contributed by atoms with Crippen molar-refractivity contribution in [1.82, 2.24) is 26.2 Å². The zero-order valence-corrected chi connectivity index (χ0v) is 29.7.